The Morgan fingerprint density at radius 1 is 1.25 bits per heavy atom. The Morgan fingerprint density at radius 2 is 2.04 bits per heavy atom. The van der Waals surface area contributed by atoms with Crippen LogP contribution in [0.4, 0.5) is 5.00 Å². The lowest BCUT2D eigenvalue weighted by atomic mass is 9.95. The molecule has 128 valence electrons. The first-order chi connectivity index (χ1) is 11.6. The lowest BCUT2D eigenvalue weighted by molar-refractivity contribution is -0.118. The lowest BCUT2D eigenvalue weighted by Crippen LogP contribution is -2.26. The summed E-state index contributed by atoms with van der Waals surface area (Å²) in [5, 5.41) is 8.68. The van der Waals surface area contributed by atoms with E-state index in [1.54, 1.807) is 22.7 Å². The fourth-order valence-corrected chi connectivity index (χ4v) is 4.75. The van der Waals surface area contributed by atoms with Crippen LogP contribution in [-0.4, -0.2) is 11.8 Å². The van der Waals surface area contributed by atoms with Crippen LogP contribution >= 0.6 is 22.7 Å². The normalized spacial score (nSPS) is 13.6. The van der Waals surface area contributed by atoms with Gasteiger partial charge in [-0.05, 0) is 42.7 Å². The molecule has 1 aliphatic rings. The van der Waals surface area contributed by atoms with Crippen molar-refractivity contribution >= 4 is 39.5 Å². The summed E-state index contributed by atoms with van der Waals surface area (Å²) in [4.78, 5) is 27.3. The average Bonchev–Trinajstić information content (AvgIpc) is 3.19. The van der Waals surface area contributed by atoms with Crippen LogP contribution in [0.3, 0.4) is 0 Å². The Balaban J connectivity index is 1.84. The molecule has 4 nitrogen and oxygen atoms in total. The molecule has 0 radical (unpaired) electrons. The molecule has 2 N–H and O–H groups in total. The van der Waals surface area contributed by atoms with Gasteiger partial charge in [0.15, 0.2) is 0 Å². The number of fused-ring (bicyclic) bond motifs is 1. The van der Waals surface area contributed by atoms with Crippen molar-refractivity contribution in [3.05, 3.63) is 38.4 Å². The van der Waals surface area contributed by atoms with Crippen molar-refractivity contribution < 1.29 is 9.59 Å². The molecule has 0 unspecified atom stereocenters. The fourth-order valence-electron chi connectivity index (χ4n) is 2.82. The van der Waals surface area contributed by atoms with Gasteiger partial charge in [0.05, 0.1) is 12.1 Å². The summed E-state index contributed by atoms with van der Waals surface area (Å²) in [6.45, 7) is 4.25. The number of hydrogen-bond donors (Lipinski definition) is 2. The van der Waals surface area contributed by atoms with E-state index in [1.807, 2.05) is 31.4 Å². The number of hydrogen-bond acceptors (Lipinski definition) is 4. The second kappa shape index (κ2) is 7.49. The van der Waals surface area contributed by atoms with Crippen molar-refractivity contribution in [3.63, 3.8) is 0 Å². The smallest absolute Gasteiger partial charge is 0.254 e. The number of nitrogens with one attached hydrogen (secondary N) is 2. The summed E-state index contributed by atoms with van der Waals surface area (Å²) >= 11 is 3.20. The summed E-state index contributed by atoms with van der Waals surface area (Å²) in [5.41, 5.74) is 1.81. The molecule has 0 atom stereocenters. The minimum absolute atomic E-state index is 0.0408. The van der Waals surface area contributed by atoms with Crippen LogP contribution in [0.1, 0.15) is 52.4 Å². The molecule has 0 spiro atoms. The van der Waals surface area contributed by atoms with E-state index < -0.39 is 0 Å². The van der Waals surface area contributed by atoms with Gasteiger partial charge < -0.3 is 10.6 Å². The van der Waals surface area contributed by atoms with Crippen molar-refractivity contribution in [1.29, 1.82) is 0 Å². The molecule has 0 fully saturated rings. The maximum Gasteiger partial charge on any atom is 0.254 e. The highest BCUT2D eigenvalue weighted by atomic mass is 32.1. The summed E-state index contributed by atoms with van der Waals surface area (Å²) in [7, 11) is 0. The van der Waals surface area contributed by atoms with Gasteiger partial charge in [-0.3, -0.25) is 9.59 Å². The van der Waals surface area contributed by atoms with Crippen LogP contribution in [-0.2, 0) is 24.2 Å². The molecule has 2 aromatic rings. The van der Waals surface area contributed by atoms with Gasteiger partial charge >= 0.3 is 0 Å². The predicted molar refractivity (Wildman–Crippen MR) is 99.9 cm³/mol. The van der Waals surface area contributed by atoms with Crippen LogP contribution in [0.2, 0.25) is 0 Å². The molecule has 0 saturated carbocycles. The molecule has 1 aliphatic carbocycles. The number of carbonyl (C=O) groups is 2. The second-order valence-corrected chi connectivity index (χ2v) is 8.46. The third-order valence-electron chi connectivity index (χ3n) is 4.16. The van der Waals surface area contributed by atoms with E-state index in [4.69, 9.17) is 0 Å². The van der Waals surface area contributed by atoms with Crippen molar-refractivity contribution in [2.45, 2.75) is 46.1 Å². The van der Waals surface area contributed by atoms with Crippen LogP contribution in [0.25, 0.3) is 0 Å². The van der Waals surface area contributed by atoms with Crippen LogP contribution in [0.15, 0.2) is 17.5 Å². The molecule has 24 heavy (non-hydrogen) atoms. The third-order valence-corrected chi connectivity index (χ3v) is 6.25. The van der Waals surface area contributed by atoms with Gasteiger partial charge in [0.2, 0.25) is 5.91 Å². The SMILES string of the molecule is CC(C)C(=O)Nc1sc2c(c1C(=O)NCc1cccs1)CCCC2. The maximum absolute atomic E-state index is 12.8. The zero-order valence-corrected chi connectivity index (χ0v) is 15.6. The quantitative estimate of drug-likeness (QED) is 0.837. The first kappa shape index (κ1) is 17.2. The van der Waals surface area contributed by atoms with Gasteiger partial charge in [0.1, 0.15) is 5.00 Å². The Kier molecular flexibility index (Phi) is 5.36. The van der Waals surface area contributed by atoms with Crippen LogP contribution < -0.4 is 10.6 Å². The van der Waals surface area contributed by atoms with E-state index in [0.717, 1.165) is 36.1 Å². The minimum atomic E-state index is -0.105. The maximum atomic E-state index is 12.8. The first-order valence-corrected chi connectivity index (χ1v) is 10.0. The van der Waals surface area contributed by atoms with E-state index in [9.17, 15) is 9.59 Å². The van der Waals surface area contributed by atoms with Crippen molar-refractivity contribution in [1.82, 2.24) is 5.32 Å². The number of anilines is 1. The topological polar surface area (TPSA) is 58.2 Å². The van der Waals surface area contributed by atoms with Crippen LogP contribution in [0, 0.1) is 5.92 Å². The summed E-state index contributed by atoms with van der Waals surface area (Å²) < 4.78 is 0. The number of thiophene rings is 2. The lowest BCUT2D eigenvalue weighted by Gasteiger charge is -2.13. The number of aryl methyl sites for hydroxylation is 1. The fraction of sp³-hybridized carbons (Fsp3) is 0.444. The molecular weight excluding hydrogens is 340 g/mol. The Labute approximate surface area is 150 Å². The zero-order valence-electron chi connectivity index (χ0n) is 14.0. The molecule has 2 aromatic heterocycles. The first-order valence-electron chi connectivity index (χ1n) is 8.32. The molecular formula is C18H22N2O2S2. The predicted octanol–water partition coefficient (Wildman–Crippen LogP) is 4.21. The van der Waals surface area contributed by atoms with Crippen molar-refractivity contribution in [2.75, 3.05) is 5.32 Å². The van der Waals surface area contributed by atoms with Gasteiger partial charge in [-0.15, -0.1) is 22.7 Å². The standard InChI is InChI=1S/C18H22N2O2S2/c1-11(2)16(21)20-18-15(13-7-3-4-8-14(13)24-18)17(22)19-10-12-6-5-9-23-12/h5-6,9,11H,3-4,7-8,10H2,1-2H3,(H,19,22)(H,20,21). The largest absolute Gasteiger partial charge is 0.347 e. The van der Waals surface area contributed by atoms with Gasteiger partial charge in [-0.2, -0.15) is 0 Å². The van der Waals surface area contributed by atoms with Gasteiger partial charge in [-0.25, -0.2) is 0 Å². The Morgan fingerprint density at radius 3 is 2.75 bits per heavy atom. The highest BCUT2D eigenvalue weighted by Gasteiger charge is 2.26. The average molecular weight is 363 g/mol. The Bertz CT molecular complexity index is 733. The van der Waals surface area contributed by atoms with Crippen LogP contribution in [0.5, 0.6) is 0 Å². The van der Waals surface area contributed by atoms with Crippen molar-refractivity contribution in [2.24, 2.45) is 5.92 Å². The molecule has 3 rings (SSSR count). The monoisotopic (exact) mass is 362 g/mol. The number of amides is 2. The van der Waals surface area contributed by atoms with Gasteiger partial charge in [0.25, 0.3) is 5.91 Å². The highest BCUT2D eigenvalue weighted by molar-refractivity contribution is 7.17. The molecule has 0 aromatic carbocycles. The molecule has 0 bridgehead atoms. The Hall–Kier alpha value is -1.66. The molecule has 0 saturated heterocycles. The number of carbonyl (C=O) groups excluding carboxylic acids is 2. The molecule has 0 aliphatic heterocycles. The number of rotatable bonds is 5. The minimum Gasteiger partial charge on any atom is -0.347 e. The summed E-state index contributed by atoms with van der Waals surface area (Å²) in [5.74, 6) is -0.228. The second-order valence-electron chi connectivity index (χ2n) is 6.32. The molecule has 2 amide bonds. The van der Waals surface area contributed by atoms with Gasteiger partial charge in [-0.1, -0.05) is 19.9 Å². The zero-order chi connectivity index (χ0) is 17.1. The van der Waals surface area contributed by atoms with E-state index in [-0.39, 0.29) is 17.7 Å². The molecule has 2 heterocycles. The highest BCUT2D eigenvalue weighted by Crippen LogP contribution is 2.38. The van der Waals surface area contributed by atoms with Gasteiger partial charge in [0, 0.05) is 15.7 Å². The molecule has 6 heteroatoms. The van der Waals surface area contributed by atoms with E-state index in [0.29, 0.717) is 17.1 Å². The van der Waals surface area contributed by atoms with E-state index in [2.05, 4.69) is 10.6 Å². The summed E-state index contributed by atoms with van der Waals surface area (Å²) in [6.07, 6.45) is 4.18. The van der Waals surface area contributed by atoms with E-state index >= 15 is 0 Å². The van der Waals surface area contributed by atoms with Crippen molar-refractivity contribution in [3.8, 4) is 0 Å². The third kappa shape index (κ3) is 3.70. The summed E-state index contributed by atoms with van der Waals surface area (Å²) in [6, 6.07) is 3.99. The van der Waals surface area contributed by atoms with E-state index in [1.165, 1.54) is 4.88 Å².